The van der Waals surface area contributed by atoms with E-state index in [1.54, 1.807) is 18.2 Å². The minimum Gasteiger partial charge on any atom is -0.433 e. The fourth-order valence-corrected chi connectivity index (χ4v) is 2.69. The monoisotopic (exact) mass is 292 g/mol. The molecule has 0 saturated heterocycles. The summed E-state index contributed by atoms with van der Waals surface area (Å²) in [6, 6.07) is 14.2. The van der Waals surface area contributed by atoms with Gasteiger partial charge < -0.3 is 10.1 Å². The van der Waals surface area contributed by atoms with Gasteiger partial charge in [0.15, 0.2) is 5.13 Å². The molecule has 1 aromatic heterocycles. The van der Waals surface area contributed by atoms with Crippen LogP contribution in [0.1, 0.15) is 0 Å². The van der Waals surface area contributed by atoms with Crippen LogP contribution in [0, 0.1) is 0 Å². The van der Waals surface area contributed by atoms with Crippen molar-refractivity contribution in [2.45, 2.75) is 6.61 Å². The van der Waals surface area contributed by atoms with Gasteiger partial charge in [0, 0.05) is 0 Å². The number of nitrogens with one attached hydrogen (secondary N) is 1. The zero-order valence-electron chi connectivity index (χ0n) is 10.2. The topological polar surface area (TPSA) is 34.1 Å². The van der Waals surface area contributed by atoms with Crippen LogP contribution in [-0.4, -0.2) is 11.6 Å². The lowest BCUT2D eigenvalue weighted by atomic mass is 10.3. The van der Waals surface area contributed by atoms with E-state index in [1.165, 1.54) is 17.4 Å². The summed E-state index contributed by atoms with van der Waals surface area (Å²) < 4.78 is 30.2. The van der Waals surface area contributed by atoms with Crippen molar-refractivity contribution in [3.05, 3.63) is 48.5 Å². The molecule has 0 aliphatic rings. The maximum absolute atomic E-state index is 12.3. The lowest BCUT2D eigenvalue weighted by molar-refractivity contribution is -0.0493. The number of halogens is 2. The number of hydrogen-bond donors (Lipinski definition) is 1. The van der Waals surface area contributed by atoms with Gasteiger partial charge in [-0.2, -0.15) is 8.78 Å². The minimum atomic E-state index is -2.85. The molecule has 0 atom stereocenters. The number of para-hydroxylation sites is 3. The van der Waals surface area contributed by atoms with E-state index in [-0.39, 0.29) is 5.75 Å². The van der Waals surface area contributed by atoms with Crippen LogP contribution in [-0.2, 0) is 0 Å². The van der Waals surface area contributed by atoms with Crippen molar-refractivity contribution in [1.29, 1.82) is 0 Å². The normalized spacial score (nSPS) is 10.9. The largest absolute Gasteiger partial charge is 0.433 e. The average molecular weight is 292 g/mol. The van der Waals surface area contributed by atoms with E-state index in [2.05, 4.69) is 15.0 Å². The Morgan fingerprint density at radius 3 is 2.60 bits per heavy atom. The highest BCUT2D eigenvalue weighted by Gasteiger charge is 2.10. The lowest BCUT2D eigenvalue weighted by Crippen LogP contribution is -2.04. The molecule has 3 nitrogen and oxygen atoms in total. The molecule has 0 aliphatic heterocycles. The molecule has 1 N–H and O–H groups in total. The molecule has 0 aliphatic carbocycles. The smallest absolute Gasteiger partial charge is 0.387 e. The molecule has 1 heterocycles. The highest BCUT2D eigenvalue weighted by atomic mass is 32.1. The third-order valence-corrected chi connectivity index (χ3v) is 3.59. The summed E-state index contributed by atoms with van der Waals surface area (Å²) in [7, 11) is 0. The van der Waals surface area contributed by atoms with Crippen molar-refractivity contribution >= 4 is 32.4 Å². The van der Waals surface area contributed by atoms with Crippen molar-refractivity contribution in [3.63, 3.8) is 0 Å². The third-order valence-electron chi connectivity index (χ3n) is 2.64. The molecule has 0 spiro atoms. The van der Waals surface area contributed by atoms with Crippen LogP contribution in [0.2, 0.25) is 0 Å². The van der Waals surface area contributed by atoms with Crippen LogP contribution in [0.15, 0.2) is 48.5 Å². The van der Waals surface area contributed by atoms with E-state index < -0.39 is 6.61 Å². The zero-order chi connectivity index (χ0) is 13.9. The summed E-state index contributed by atoms with van der Waals surface area (Å²) in [5, 5.41) is 3.65. The number of aromatic nitrogens is 1. The predicted molar refractivity (Wildman–Crippen MR) is 76.0 cm³/mol. The zero-order valence-corrected chi connectivity index (χ0v) is 11.0. The van der Waals surface area contributed by atoms with Crippen LogP contribution < -0.4 is 10.1 Å². The molecular formula is C14H10F2N2OS. The molecular weight excluding hydrogens is 282 g/mol. The second kappa shape index (κ2) is 5.42. The molecule has 3 rings (SSSR count). The average Bonchev–Trinajstić information content (AvgIpc) is 2.82. The Labute approximate surface area is 117 Å². The highest BCUT2D eigenvalue weighted by Crippen LogP contribution is 2.32. The van der Waals surface area contributed by atoms with E-state index >= 15 is 0 Å². The number of ether oxygens (including phenoxy) is 1. The Balaban J connectivity index is 1.90. The Morgan fingerprint density at radius 2 is 1.80 bits per heavy atom. The number of benzene rings is 2. The first-order valence-electron chi connectivity index (χ1n) is 5.89. The predicted octanol–water partition coefficient (Wildman–Crippen LogP) is 4.64. The number of fused-ring (bicyclic) bond motifs is 1. The van der Waals surface area contributed by atoms with Gasteiger partial charge in [-0.25, -0.2) is 4.98 Å². The number of anilines is 2. The SMILES string of the molecule is FC(F)Oc1ccccc1Nc1nc2ccccc2s1. The first-order chi connectivity index (χ1) is 9.72. The van der Waals surface area contributed by atoms with E-state index in [1.807, 2.05) is 24.3 Å². The van der Waals surface area contributed by atoms with Gasteiger partial charge >= 0.3 is 6.61 Å². The van der Waals surface area contributed by atoms with Crippen LogP contribution in [0.25, 0.3) is 10.2 Å². The first kappa shape index (κ1) is 12.8. The molecule has 0 bridgehead atoms. The number of alkyl halides is 2. The maximum Gasteiger partial charge on any atom is 0.387 e. The highest BCUT2D eigenvalue weighted by molar-refractivity contribution is 7.22. The van der Waals surface area contributed by atoms with Gasteiger partial charge in [-0.3, -0.25) is 0 Å². The van der Waals surface area contributed by atoms with Crippen molar-refractivity contribution < 1.29 is 13.5 Å². The van der Waals surface area contributed by atoms with Crippen LogP contribution >= 0.6 is 11.3 Å². The van der Waals surface area contributed by atoms with Crippen molar-refractivity contribution in [3.8, 4) is 5.75 Å². The Morgan fingerprint density at radius 1 is 1.05 bits per heavy atom. The Kier molecular flexibility index (Phi) is 3.47. The standard InChI is InChI=1S/C14H10F2N2OS/c15-13(16)19-11-7-3-1-5-9(11)17-14-18-10-6-2-4-8-12(10)20-14/h1-8,13H,(H,17,18). The van der Waals surface area contributed by atoms with Crippen molar-refractivity contribution in [2.75, 3.05) is 5.32 Å². The van der Waals surface area contributed by atoms with Crippen LogP contribution in [0.5, 0.6) is 5.75 Å². The number of thiazole rings is 1. The van der Waals surface area contributed by atoms with Gasteiger partial charge in [0.05, 0.1) is 15.9 Å². The molecule has 6 heteroatoms. The van der Waals surface area contributed by atoms with Gasteiger partial charge in [-0.15, -0.1) is 0 Å². The van der Waals surface area contributed by atoms with Crippen LogP contribution in [0.3, 0.4) is 0 Å². The molecule has 2 aromatic carbocycles. The van der Waals surface area contributed by atoms with Gasteiger partial charge in [0.25, 0.3) is 0 Å². The number of nitrogens with zero attached hydrogens (tertiary/aromatic N) is 1. The molecule has 0 saturated carbocycles. The van der Waals surface area contributed by atoms with Gasteiger partial charge in [0.2, 0.25) is 0 Å². The molecule has 3 aromatic rings. The minimum absolute atomic E-state index is 0.0988. The van der Waals surface area contributed by atoms with Gasteiger partial charge in [-0.05, 0) is 24.3 Å². The fourth-order valence-electron chi connectivity index (χ4n) is 1.81. The molecule has 102 valence electrons. The lowest BCUT2D eigenvalue weighted by Gasteiger charge is -2.10. The van der Waals surface area contributed by atoms with Crippen LogP contribution in [0.4, 0.5) is 19.6 Å². The molecule has 0 amide bonds. The second-order valence-corrected chi connectivity index (χ2v) is 5.02. The first-order valence-corrected chi connectivity index (χ1v) is 6.70. The summed E-state index contributed by atoms with van der Waals surface area (Å²) in [6.07, 6.45) is 0. The van der Waals surface area contributed by atoms with Crippen molar-refractivity contribution in [1.82, 2.24) is 4.98 Å². The summed E-state index contributed by atoms with van der Waals surface area (Å²) in [5.41, 5.74) is 1.33. The summed E-state index contributed by atoms with van der Waals surface area (Å²) in [5.74, 6) is 0.0988. The quantitative estimate of drug-likeness (QED) is 0.760. The maximum atomic E-state index is 12.3. The Bertz CT molecular complexity index is 697. The fraction of sp³-hybridized carbons (Fsp3) is 0.0714. The van der Waals surface area contributed by atoms with E-state index in [4.69, 9.17) is 0 Å². The second-order valence-electron chi connectivity index (χ2n) is 3.99. The summed E-state index contributed by atoms with van der Waals surface area (Å²) in [6.45, 7) is -2.85. The van der Waals surface area contributed by atoms with Gasteiger partial charge in [-0.1, -0.05) is 35.6 Å². The number of hydrogen-bond acceptors (Lipinski definition) is 4. The third kappa shape index (κ3) is 2.70. The molecule has 0 radical (unpaired) electrons. The summed E-state index contributed by atoms with van der Waals surface area (Å²) in [4.78, 5) is 4.39. The van der Waals surface area contributed by atoms with Gasteiger partial charge in [0.1, 0.15) is 5.75 Å². The molecule has 20 heavy (non-hydrogen) atoms. The van der Waals surface area contributed by atoms with Crippen molar-refractivity contribution in [2.24, 2.45) is 0 Å². The van der Waals surface area contributed by atoms with E-state index in [0.29, 0.717) is 10.8 Å². The number of rotatable bonds is 4. The molecule has 0 fully saturated rings. The van der Waals surface area contributed by atoms with E-state index in [0.717, 1.165) is 10.2 Å². The summed E-state index contributed by atoms with van der Waals surface area (Å²) >= 11 is 1.45. The Hall–Kier alpha value is -2.21. The molecule has 0 unspecified atom stereocenters. The van der Waals surface area contributed by atoms with E-state index in [9.17, 15) is 8.78 Å².